The molecule has 27 heavy (non-hydrogen) atoms. The summed E-state index contributed by atoms with van der Waals surface area (Å²) in [5.41, 5.74) is 9.44. The summed E-state index contributed by atoms with van der Waals surface area (Å²) in [4.78, 5) is 16.7. The van der Waals surface area contributed by atoms with Gasteiger partial charge in [-0.05, 0) is 50.1 Å². The number of carbonyl (C=O) groups excluding carboxylic acids is 1. The number of aromatic nitrogens is 1. The molecule has 0 aliphatic heterocycles. The predicted octanol–water partition coefficient (Wildman–Crippen LogP) is 3.53. The van der Waals surface area contributed by atoms with Crippen LogP contribution in [0.3, 0.4) is 0 Å². The lowest BCUT2D eigenvalue weighted by atomic mass is 10.1. The second-order valence-corrected chi connectivity index (χ2v) is 9.57. The number of carbonyl (C=O) groups is 1. The van der Waals surface area contributed by atoms with E-state index in [1.807, 2.05) is 32.9 Å². The van der Waals surface area contributed by atoms with Crippen LogP contribution >= 0.6 is 11.3 Å². The van der Waals surface area contributed by atoms with Gasteiger partial charge in [-0.25, -0.2) is 13.4 Å². The van der Waals surface area contributed by atoms with Crippen LogP contribution in [0, 0.1) is 20.8 Å². The highest BCUT2D eigenvalue weighted by Gasteiger charge is 2.16. The summed E-state index contributed by atoms with van der Waals surface area (Å²) < 4.78 is 25.6. The van der Waals surface area contributed by atoms with Gasteiger partial charge in [-0.15, -0.1) is 0 Å². The molecule has 1 amide bonds. The molecule has 3 rings (SSSR count). The highest BCUT2D eigenvalue weighted by molar-refractivity contribution is 7.91. The van der Waals surface area contributed by atoms with E-state index < -0.39 is 15.7 Å². The van der Waals surface area contributed by atoms with Crippen molar-refractivity contribution in [1.82, 2.24) is 10.4 Å². The van der Waals surface area contributed by atoms with E-state index in [2.05, 4.69) is 15.8 Å². The molecule has 6 nitrogen and oxygen atoms in total. The molecular formula is C19H21N3O3S2. The quantitative estimate of drug-likeness (QED) is 0.615. The van der Waals surface area contributed by atoms with E-state index in [0.29, 0.717) is 5.13 Å². The maximum atomic E-state index is 12.3. The lowest BCUT2D eigenvalue weighted by Crippen LogP contribution is -2.30. The van der Waals surface area contributed by atoms with Crippen LogP contribution in [0.15, 0.2) is 41.3 Å². The fourth-order valence-corrected chi connectivity index (χ4v) is 4.68. The van der Waals surface area contributed by atoms with Gasteiger partial charge in [0.15, 0.2) is 9.84 Å². The first-order valence-electron chi connectivity index (χ1n) is 8.47. The van der Waals surface area contributed by atoms with Crippen LogP contribution in [0.25, 0.3) is 10.2 Å². The van der Waals surface area contributed by atoms with Gasteiger partial charge in [-0.2, -0.15) is 0 Å². The van der Waals surface area contributed by atoms with E-state index >= 15 is 0 Å². The summed E-state index contributed by atoms with van der Waals surface area (Å²) in [6.07, 6.45) is -0.133. The van der Waals surface area contributed by atoms with E-state index in [4.69, 9.17) is 0 Å². The average molecular weight is 404 g/mol. The summed E-state index contributed by atoms with van der Waals surface area (Å²) >= 11 is 1.43. The van der Waals surface area contributed by atoms with Crippen LogP contribution < -0.4 is 10.9 Å². The lowest BCUT2D eigenvalue weighted by Gasteiger charge is -2.07. The van der Waals surface area contributed by atoms with Crippen molar-refractivity contribution in [2.24, 2.45) is 0 Å². The van der Waals surface area contributed by atoms with Gasteiger partial charge in [0.1, 0.15) is 0 Å². The molecule has 2 aromatic carbocycles. The van der Waals surface area contributed by atoms with Crippen molar-refractivity contribution < 1.29 is 13.2 Å². The second-order valence-electron chi connectivity index (χ2n) is 6.43. The molecule has 0 aliphatic carbocycles. The number of sulfone groups is 1. The Morgan fingerprint density at radius 2 is 1.78 bits per heavy atom. The third-order valence-corrected chi connectivity index (χ3v) is 7.04. The highest BCUT2D eigenvalue weighted by Crippen LogP contribution is 2.29. The van der Waals surface area contributed by atoms with E-state index in [0.717, 1.165) is 26.9 Å². The molecule has 0 atom stereocenters. The molecule has 0 fully saturated rings. The summed E-state index contributed by atoms with van der Waals surface area (Å²) in [5, 5.41) is 0.563. The van der Waals surface area contributed by atoms with Crippen molar-refractivity contribution in [3.8, 4) is 0 Å². The Morgan fingerprint density at radius 3 is 2.48 bits per heavy atom. The molecular weight excluding hydrogens is 382 g/mol. The first-order chi connectivity index (χ1) is 12.8. The molecule has 0 saturated heterocycles. The summed E-state index contributed by atoms with van der Waals surface area (Å²) in [6.45, 7) is 5.92. The van der Waals surface area contributed by atoms with E-state index in [-0.39, 0.29) is 17.1 Å². The fraction of sp³-hybridized carbons (Fsp3) is 0.263. The number of thiazole rings is 1. The number of amides is 1. The zero-order valence-electron chi connectivity index (χ0n) is 15.4. The van der Waals surface area contributed by atoms with Crippen molar-refractivity contribution >= 4 is 42.4 Å². The molecule has 0 saturated carbocycles. The van der Waals surface area contributed by atoms with Gasteiger partial charge in [0.05, 0.1) is 20.9 Å². The van der Waals surface area contributed by atoms with E-state index in [1.54, 1.807) is 24.3 Å². The Bertz CT molecular complexity index is 1090. The van der Waals surface area contributed by atoms with Crippen molar-refractivity contribution in [1.29, 1.82) is 0 Å². The van der Waals surface area contributed by atoms with Gasteiger partial charge in [-0.3, -0.25) is 15.6 Å². The number of hydrogen-bond donors (Lipinski definition) is 2. The van der Waals surface area contributed by atoms with Crippen LogP contribution in [0.1, 0.15) is 23.1 Å². The molecule has 3 aromatic rings. The van der Waals surface area contributed by atoms with E-state index in [1.165, 1.54) is 11.3 Å². The van der Waals surface area contributed by atoms with Crippen molar-refractivity contribution in [3.05, 3.63) is 53.1 Å². The van der Waals surface area contributed by atoms with Crippen LogP contribution in [-0.4, -0.2) is 25.1 Å². The third-order valence-electron chi connectivity index (χ3n) is 4.37. The Kier molecular flexibility index (Phi) is 5.48. The Morgan fingerprint density at radius 1 is 1.07 bits per heavy atom. The summed E-state index contributed by atoms with van der Waals surface area (Å²) in [5.74, 6) is -0.653. The summed E-state index contributed by atoms with van der Waals surface area (Å²) in [7, 11) is -3.49. The SMILES string of the molecule is Cc1ccc(S(=O)(=O)CCC(=O)NNc2nc3c(C)c(C)ccc3s2)cc1. The predicted molar refractivity (Wildman–Crippen MR) is 109 cm³/mol. The Balaban J connectivity index is 1.58. The minimum atomic E-state index is -3.49. The Hall–Kier alpha value is -2.45. The molecule has 1 aromatic heterocycles. The zero-order chi connectivity index (χ0) is 19.6. The fourth-order valence-electron chi connectivity index (χ4n) is 2.56. The molecule has 8 heteroatoms. The first kappa shape index (κ1) is 19.3. The average Bonchev–Trinajstić information content (AvgIpc) is 3.06. The number of aryl methyl sites for hydroxylation is 3. The summed E-state index contributed by atoms with van der Waals surface area (Å²) in [6, 6.07) is 10.6. The number of benzene rings is 2. The monoisotopic (exact) mass is 403 g/mol. The second kappa shape index (κ2) is 7.66. The molecule has 0 radical (unpaired) electrons. The van der Waals surface area contributed by atoms with Crippen molar-refractivity contribution in [2.45, 2.75) is 32.1 Å². The number of anilines is 1. The molecule has 0 spiro atoms. The highest BCUT2D eigenvalue weighted by atomic mass is 32.2. The minimum Gasteiger partial charge on any atom is -0.273 e. The number of hydrogen-bond acceptors (Lipinski definition) is 6. The van der Waals surface area contributed by atoms with Crippen molar-refractivity contribution in [3.63, 3.8) is 0 Å². The standard InChI is InChI=1S/C19H21N3O3S2/c1-12-4-7-15(8-5-12)27(24,25)11-10-17(23)21-22-19-20-18-14(3)13(2)6-9-16(18)26-19/h4-9H,10-11H2,1-3H3,(H,20,22)(H,21,23). The lowest BCUT2D eigenvalue weighted by molar-refractivity contribution is -0.120. The molecule has 1 heterocycles. The molecule has 142 valence electrons. The zero-order valence-corrected chi connectivity index (χ0v) is 17.0. The number of nitrogens with zero attached hydrogens (tertiary/aromatic N) is 1. The largest absolute Gasteiger partial charge is 0.273 e. The maximum absolute atomic E-state index is 12.3. The smallest absolute Gasteiger partial charge is 0.239 e. The van der Waals surface area contributed by atoms with Gasteiger partial charge in [-0.1, -0.05) is 35.1 Å². The number of rotatable bonds is 6. The van der Waals surface area contributed by atoms with Crippen LogP contribution in [0.5, 0.6) is 0 Å². The maximum Gasteiger partial charge on any atom is 0.239 e. The van der Waals surface area contributed by atoms with Gasteiger partial charge in [0.2, 0.25) is 11.0 Å². The third kappa shape index (κ3) is 4.45. The van der Waals surface area contributed by atoms with Crippen LogP contribution in [0.4, 0.5) is 5.13 Å². The van der Waals surface area contributed by atoms with Gasteiger partial charge < -0.3 is 0 Å². The van der Waals surface area contributed by atoms with Crippen molar-refractivity contribution in [2.75, 3.05) is 11.2 Å². The van der Waals surface area contributed by atoms with Gasteiger partial charge in [0, 0.05) is 6.42 Å². The molecule has 0 unspecified atom stereocenters. The molecule has 2 N–H and O–H groups in total. The molecule has 0 aliphatic rings. The van der Waals surface area contributed by atoms with E-state index in [9.17, 15) is 13.2 Å². The van der Waals surface area contributed by atoms with Gasteiger partial charge >= 0.3 is 0 Å². The Labute approximate surface area is 162 Å². The number of fused-ring (bicyclic) bond motifs is 1. The number of hydrazine groups is 1. The van der Waals surface area contributed by atoms with Crippen LogP contribution in [-0.2, 0) is 14.6 Å². The van der Waals surface area contributed by atoms with Gasteiger partial charge in [0.25, 0.3) is 0 Å². The topological polar surface area (TPSA) is 88.2 Å². The molecule has 0 bridgehead atoms. The number of nitrogens with one attached hydrogen (secondary N) is 2. The van der Waals surface area contributed by atoms with Crippen LogP contribution in [0.2, 0.25) is 0 Å². The normalized spacial score (nSPS) is 11.5. The minimum absolute atomic E-state index is 0.133. The first-order valence-corrected chi connectivity index (χ1v) is 10.9.